The molecule has 0 aliphatic carbocycles. The first-order valence-corrected chi connectivity index (χ1v) is 8.05. The molecule has 0 aromatic carbocycles. The van der Waals surface area contributed by atoms with Gasteiger partial charge in [-0.1, -0.05) is 13.8 Å². The van der Waals surface area contributed by atoms with Crippen molar-refractivity contribution in [3.8, 4) is 0 Å². The van der Waals surface area contributed by atoms with E-state index >= 15 is 0 Å². The molecule has 0 fully saturated rings. The molecule has 0 aromatic heterocycles. The van der Waals surface area contributed by atoms with Crippen LogP contribution in [-0.2, 0) is 19.2 Å². The largest absolute Gasteiger partial charge is 0.355 e. The second kappa shape index (κ2) is 11.6. The highest BCUT2D eigenvalue weighted by Gasteiger charge is 2.24. The zero-order valence-corrected chi connectivity index (χ0v) is 14.6. The minimum absolute atomic E-state index is 0.0315. The van der Waals surface area contributed by atoms with Crippen LogP contribution in [0.25, 0.3) is 0 Å². The van der Waals surface area contributed by atoms with Crippen molar-refractivity contribution < 1.29 is 19.2 Å². The molecule has 0 aliphatic heterocycles. The highest BCUT2D eigenvalue weighted by molar-refractivity contribution is 5.84. The number of carbonyl (C=O) groups excluding carboxylic acids is 4. The maximum Gasteiger partial charge on any atom is 0.239 e. The monoisotopic (exact) mass is 327 g/mol. The average molecular weight is 327 g/mol. The number of hydrogen-bond donors (Lipinski definition) is 2. The average Bonchev–Trinajstić information content (AvgIpc) is 2.49. The highest BCUT2D eigenvalue weighted by atomic mass is 16.2. The molecule has 1 unspecified atom stereocenters. The zero-order chi connectivity index (χ0) is 17.8. The Hall–Kier alpha value is -1.92. The van der Waals surface area contributed by atoms with Crippen LogP contribution >= 0.6 is 0 Å². The summed E-state index contributed by atoms with van der Waals surface area (Å²) in [5.74, 6) is -0.735. The van der Waals surface area contributed by atoms with Gasteiger partial charge >= 0.3 is 0 Å². The van der Waals surface area contributed by atoms with E-state index in [0.29, 0.717) is 19.5 Å². The van der Waals surface area contributed by atoms with E-state index in [4.69, 9.17) is 0 Å². The summed E-state index contributed by atoms with van der Waals surface area (Å²) in [5, 5.41) is 5.12. The van der Waals surface area contributed by atoms with Crippen molar-refractivity contribution in [3.63, 3.8) is 0 Å². The van der Waals surface area contributed by atoms with Gasteiger partial charge < -0.3 is 20.3 Å². The molecule has 0 rings (SSSR count). The lowest BCUT2D eigenvalue weighted by Crippen LogP contribution is -2.38. The standard InChI is InChI=1S/C16H29N3O4/c1-5-17-15(22)11-18-14(21)7-6-9-19(4)16(23)13(8-10-20)12(2)3/h10,12-13H,5-9,11H2,1-4H3,(H,17,22)(H,18,21). The number of rotatable bonds is 11. The summed E-state index contributed by atoms with van der Waals surface area (Å²) < 4.78 is 0. The normalized spacial score (nSPS) is 11.7. The minimum Gasteiger partial charge on any atom is -0.355 e. The quantitative estimate of drug-likeness (QED) is 0.535. The molecule has 0 saturated heterocycles. The van der Waals surface area contributed by atoms with Crippen LogP contribution in [0.2, 0.25) is 0 Å². The van der Waals surface area contributed by atoms with Gasteiger partial charge in [0.1, 0.15) is 6.29 Å². The van der Waals surface area contributed by atoms with E-state index in [1.165, 1.54) is 0 Å². The Labute approximate surface area is 138 Å². The number of likely N-dealkylation sites (N-methyl/N-ethyl adjacent to an activating group) is 1. The van der Waals surface area contributed by atoms with E-state index < -0.39 is 0 Å². The Bertz CT molecular complexity index is 410. The van der Waals surface area contributed by atoms with Crippen molar-refractivity contribution in [3.05, 3.63) is 0 Å². The summed E-state index contributed by atoms with van der Waals surface area (Å²) in [6.45, 7) is 6.57. The summed E-state index contributed by atoms with van der Waals surface area (Å²) in [6.07, 6.45) is 1.74. The van der Waals surface area contributed by atoms with Crippen LogP contribution in [0.3, 0.4) is 0 Å². The van der Waals surface area contributed by atoms with Crippen LogP contribution in [0.5, 0.6) is 0 Å². The molecule has 0 saturated carbocycles. The lowest BCUT2D eigenvalue weighted by Gasteiger charge is -2.25. The lowest BCUT2D eigenvalue weighted by atomic mass is 9.91. The van der Waals surface area contributed by atoms with Crippen molar-refractivity contribution in [2.75, 3.05) is 26.7 Å². The lowest BCUT2D eigenvalue weighted by molar-refractivity contribution is -0.137. The van der Waals surface area contributed by atoms with Gasteiger partial charge in [-0.05, 0) is 19.3 Å². The van der Waals surface area contributed by atoms with Crippen LogP contribution in [0.1, 0.15) is 40.0 Å². The van der Waals surface area contributed by atoms with Gasteiger partial charge in [0.15, 0.2) is 0 Å². The van der Waals surface area contributed by atoms with Gasteiger partial charge in [-0.15, -0.1) is 0 Å². The molecule has 7 heteroatoms. The van der Waals surface area contributed by atoms with E-state index in [1.807, 2.05) is 20.8 Å². The Balaban J connectivity index is 4.11. The van der Waals surface area contributed by atoms with Crippen LogP contribution < -0.4 is 10.6 Å². The number of amides is 3. The summed E-state index contributed by atoms with van der Waals surface area (Å²) >= 11 is 0. The third-order valence-electron chi connectivity index (χ3n) is 3.57. The molecule has 7 nitrogen and oxygen atoms in total. The first kappa shape index (κ1) is 21.1. The Morgan fingerprint density at radius 3 is 2.30 bits per heavy atom. The first-order chi connectivity index (χ1) is 10.8. The third-order valence-corrected chi connectivity index (χ3v) is 3.57. The van der Waals surface area contributed by atoms with E-state index in [0.717, 1.165) is 6.29 Å². The fourth-order valence-corrected chi connectivity index (χ4v) is 2.16. The predicted molar refractivity (Wildman–Crippen MR) is 87.6 cm³/mol. The molecule has 132 valence electrons. The first-order valence-electron chi connectivity index (χ1n) is 8.05. The van der Waals surface area contributed by atoms with Gasteiger partial charge in [0.05, 0.1) is 6.54 Å². The van der Waals surface area contributed by atoms with Crippen LogP contribution in [0, 0.1) is 11.8 Å². The topological polar surface area (TPSA) is 95.6 Å². The fourth-order valence-electron chi connectivity index (χ4n) is 2.16. The smallest absolute Gasteiger partial charge is 0.239 e. The van der Waals surface area contributed by atoms with Gasteiger partial charge in [0.25, 0.3) is 0 Å². The van der Waals surface area contributed by atoms with Gasteiger partial charge in [0.2, 0.25) is 17.7 Å². The van der Waals surface area contributed by atoms with Crippen LogP contribution in [-0.4, -0.2) is 55.6 Å². The molecule has 0 heterocycles. The molecule has 0 aromatic rings. The molecule has 1 atom stereocenters. The summed E-state index contributed by atoms with van der Waals surface area (Å²) in [4.78, 5) is 47.3. The molecular formula is C16H29N3O4. The molecule has 0 aliphatic rings. The number of nitrogens with one attached hydrogen (secondary N) is 2. The molecular weight excluding hydrogens is 298 g/mol. The fraction of sp³-hybridized carbons (Fsp3) is 0.750. The van der Waals surface area contributed by atoms with Gasteiger partial charge in [-0.3, -0.25) is 14.4 Å². The molecule has 2 N–H and O–H groups in total. The van der Waals surface area contributed by atoms with Gasteiger partial charge in [-0.25, -0.2) is 0 Å². The second-order valence-electron chi connectivity index (χ2n) is 5.85. The molecule has 0 bridgehead atoms. The number of hydrogen-bond acceptors (Lipinski definition) is 4. The van der Waals surface area contributed by atoms with Gasteiger partial charge in [-0.2, -0.15) is 0 Å². The van der Waals surface area contributed by atoms with Crippen molar-refractivity contribution in [1.29, 1.82) is 0 Å². The number of carbonyl (C=O) groups is 4. The summed E-state index contributed by atoms with van der Waals surface area (Å²) in [6, 6.07) is 0. The number of nitrogens with zero attached hydrogens (tertiary/aromatic N) is 1. The maximum absolute atomic E-state index is 12.3. The van der Waals surface area contributed by atoms with E-state index in [2.05, 4.69) is 10.6 Å². The molecule has 0 radical (unpaired) electrons. The van der Waals surface area contributed by atoms with Crippen LogP contribution in [0.4, 0.5) is 0 Å². The Morgan fingerprint density at radius 1 is 1.13 bits per heavy atom. The molecule has 0 spiro atoms. The SMILES string of the molecule is CCNC(=O)CNC(=O)CCCN(C)C(=O)C(CC=O)C(C)C. The summed E-state index contributed by atoms with van der Waals surface area (Å²) in [5.41, 5.74) is 0. The van der Waals surface area contributed by atoms with Crippen LogP contribution in [0.15, 0.2) is 0 Å². The molecule has 23 heavy (non-hydrogen) atoms. The summed E-state index contributed by atoms with van der Waals surface area (Å²) in [7, 11) is 1.68. The van der Waals surface area contributed by atoms with Gasteiger partial charge in [0, 0.05) is 38.9 Å². The Kier molecular flexibility index (Phi) is 10.7. The van der Waals surface area contributed by atoms with Crippen molar-refractivity contribution >= 4 is 24.0 Å². The zero-order valence-electron chi connectivity index (χ0n) is 14.6. The third kappa shape index (κ3) is 8.95. The molecule has 3 amide bonds. The highest BCUT2D eigenvalue weighted by Crippen LogP contribution is 2.16. The Morgan fingerprint density at radius 2 is 1.78 bits per heavy atom. The van der Waals surface area contributed by atoms with E-state index in [9.17, 15) is 19.2 Å². The van der Waals surface area contributed by atoms with Crippen molar-refractivity contribution in [2.24, 2.45) is 11.8 Å². The van der Waals surface area contributed by atoms with Crippen molar-refractivity contribution in [1.82, 2.24) is 15.5 Å². The maximum atomic E-state index is 12.3. The van der Waals surface area contributed by atoms with E-state index in [-0.39, 0.29) is 48.9 Å². The van der Waals surface area contributed by atoms with Crippen molar-refractivity contribution in [2.45, 2.75) is 40.0 Å². The second-order valence-corrected chi connectivity index (χ2v) is 5.85. The number of aldehydes is 1. The van der Waals surface area contributed by atoms with E-state index in [1.54, 1.807) is 11.9 Å². The minimum atomic E-state index is -0.316. The predicted octanol–water partition coefficient (Wildman–Crippen LogP) is 0.338.